The topological polar surface area (TPSA) is 93.7 Å². The summed E-state index contributed by atoms with van der Waals surface area (Å²) in [6, 6.07) is 12.0. The van der Waals surface area contributed by atoms with E-state index in [1.54, 1.807) is 12.1 Å². The SMILES string of the molecule is O=C(COC(=O)CCCOc1ccccc1)NCC(=O)Nc1ccc(F)c(F)c1. The molecular formula is C20H20F2N2O5. The van der Waals surface area contributed by atoms with Gasteiger partial charge in [0.15, 0.2) is 18.2 Å². The van der Waals surface area contributed by atoms with E-state index in [0.717, 1.165) is 12.1 Å². The van der Waals surface area contributed by atoms with E-state index in [1.165, 1.54) is 6.07 Å². The Balaban J connectivity index is 1.56. The number of ether oxygens (including phenoxy) is 2. The second kappa shape index (κ2) is 11.4. The molecule has 0 fully saturated rings. The molecule has 0 atom stereocenters. The van der Waals surface area contributed by atoms with E-state index in [0.29, 0.717) is 18.8 Å². The lowest BCUT2D eigenvalue weighted by atomic mass is 10.3. The first-order valence-corrected chi connectivity index (χ1v) is 8.79. The minimum atomic E-state index is -1.10. The van der Waals surface area contributed by atoms with Gasteiger partial charge in [0.1, 0.15) is 5.75 Å². The van der Waals surface area contributed by atoms with Crippen molar-refractivity contribution in [2.45, 2.75) is 12.8 Å². The van der Waals surface area contributed by atoms with E-state index in [1.807, 2.05) is 18.2 Å². The molecule has 0 unspecified atom stereocenters. The van der Waals surface area contributed by atoms with Gasteiger partial charge >= 0.3 is 5.97 Å². The molecular weight excluding hydrogens is 386 g/mol. The van der Waals surface area contributed by atoms with Crippen molar-refractivity contribution in [3.8, 4) is 5.75 Å². The summed E-state index contributed by atoms with van der Waals surface area (Å²) in [4.78, 5) is 34.9. The molecule has 2 rings (SSSR count). The predicted molar refractivity (Wildman–Crippen MR) is 100 cm³/mol. The van der Waals surface area contributed by atoms with Gasteiger partial charge in [-0.1, -0.05) is 18.2 Å². The van der Waals surface area contributed by atoms with Gasteiger partial charge in [-0.25, -0.2) is 8.78 Å². The van der Waals surface area contributed by atoms with Crippen molar-refractivity contribution < 1.29 is 32.6 Å². The first-order chi connectivity index (χ1) is 13.9. The highest BCUT2D eigenvalue weighted by molar-refractivity contribution is 5.94. The molecule has 2 N–H and O–H groups in total. The zero-order chi connectivity index (χ0) is 21.1. The van der Waals surface area contributed by atoms with Gasteiger partial charge in [-0.15, -0.1) is 0 Å². The van der Waals surface area contributed by atoms with Crippen molar-refractivity contribution in [2.24, 2.45) is 0 Å². The Morgan fingerprint density at radius 3 is 2.41 bits per heavy atom. The number of anilines is 1. The second-order valence-corrected chi connectivity index (χ2v) is 5.88. The van der Waals surface area contributed by atoms with Crippen LogP contribution in [-0.2, 0) is 19.1 Å². The predicted octanol–water partition coefficient (Wildman–Crippen LogP) is 2.42. The van der Waals surface area contributed by atoms with Crippen molar-refractivity contribution in [3.63, 3.8) is 0 Å². The van der Waals surface area contributed by atoms with Gasteiger partial charge in [0, 0.05) is 18.2 Å². The van der Waals surface area contributed by atoms with Crippen LogP contribution in [0.2, 0.25) is 0 Å². The fourth-order valence-electron chi connectivity index (χ4n) is 2.15. The average molecular weight is 406 g/mol. The number of nitrogens with one attached hydrogen (secondary N) is 2. The maximum absolute atomic E-state index is 13.1. The Bertz CT molecular complexity index is 846. The summed E-state index contributed by atoms with van der Waals surface area (Å²) in [5, 5.41) is 4.55. The highest BCUT2D eigenvalue weighted by Crippen LogP contribution is 2.12. The molecule has 0 saturated carbocycles. The molecule has 0 aliphatic carbocycles. The number of amides is 2. The number of benzene rings is 2. The molecule has 0 aliphatic heterocycles. The van der Waals surface area contributed by atoms with Crippen LogP contribution in [0.5, 0.6) is 5.75 Å². The van der Waals surface area contributed by atoms with Crippen LogP contribution in [0.25, 0.3) is 0 Å². The molecule has 7 nitrogen and oxygen atoms in total. The van der Waals surface area contributed by atoms with Gasteiger partial charge in [0.25, 0.3) is 5.91 Å². The van der Waals surface area contributed by atoms with E-state index >= 15 is 0 Å². The fraction of sp³-hybridized carbons (Fsp3) is 0.250. The van der Waals surface area contributed by atoms with Gasteiger partial charge in [0.2, 0.25) is 5.91 Å². The maximum atomic E-state index is 13.1. The Morgan fingerprint density at radius 1 is 0.931 bits per heavy atom. The third-order valence-electron chi connectivity index (χ3n) is 3.55. The zero-order valence-corrected chi connectivity index (χ0v) is 15.5. The summed E-state index contributed by atoms with van der Waals surface area (Å²) in [5.74, 6) is -3.32. The monoisotopic (exact) mass is 406 g/mol. The third kappa shape index (κ3) is 8.37. The van der Waals surface area contributed by atoms with Crippen LogP contribution in [0.4, 0.5) is 14.5 Å². The van der Waals surface area contributed by atoms with Crippen molar-refractivity contribution in [3.05, 3.63) is 60.2 Å². The molecule has 0 saturated heterocycles. The summed E-state index contributed by atoms with van der Waals surface area (Å²) >= 11 is 0. The number of esters is 1. The summed E-state index contributed by atoms with van der Waals surface area (Å²) in [7, 11) is 0. The molecule has 0 bridgehead atoms. The van der Waals surface area contributed by atoms with E-state index in [9.17, 15) is 23.2 Å². The number of halogens is 2. The summed E-state index contributed by atoms with van der Waals surface area (Å²) in [6.45, 7) is -0.618. The van der Waals surface area contributed by atoms with Crippen LogP contribution in [0.1, 0.15) is 12.8 Å². The lowest BCUT2D eigenvalue weighted by Gasteiger charge is -2.08. The van der Waals surface area contributed by atoms with Crippen LogP contribution >= 0.6 is 0 Å². The summed E-state index contributed by atoms with van der Waals surface area (Å²) in [5.41, 5.74) is 0.0484. The Hall–Kier alpha value is -3.49. The Labute approximate surface area is 166 Å². The average Bonchev–Trinajstić information content (AvgIpc) is 2.71. The molecule has 2 amide bonds. The van der Waals surface area contributed by atoms with Crippen LogP contribution in [0.15, 0.2) is 48.5 Å². The molecule has 0 aliphatic rings. The molecule has 2 aromatic rings. The number of hydrogen-bond acceptors (Lipinski definition) is 5. The molecule has 9 heteroatoms. The number of carbonyl (C=O) groups is 3. The maximum Gasteiger partial charge on any atom is 0.306 e. The van der Waals surface area contributed by atoms with Crippen LogP contribution in [0, 0.1) is 11.6 Å². The van der Waals surface area contributed by atoms with E-state index in [-0.39, 0.29) is 12.1 Å². The number of para-hydroxylation sites is 1. The number of rotatable bonds is 10. The minimum absolute atomic E-state index is 0.0484. The Kier molecular flexibility index (Phi) is 8.55. The first-order valence-electron chi connectivity index (χ1n) is 8.79. The molecule has 0 radical (unpaired) electrons. The van der Waals surface area contributed by atoms with Gasteiger partial charge in [-0.05, 0) is 30.7 Å². The first kappa shape index (κ1) is 21.8. The minimum Gasteiger partial charge on any atom is -0.494 e. The quantitative estimate of drug-likeness (QED) is 0.467. The zero-order valence-electron chi connectivity index (χ0n) is 15.5. The van der Waals surface area contributed by atoms with Crippen molar-refractivity contribution in [1.29, 1.82) is 0 Å². The highest BCUT2D eigenvalue weighted by Gasteiger charge is 2.10. The summed E-state index contributed by atoms with van der Waals surface area (Å²) < 4.78 is 36.1. The van der Waals surface area contributed by atoms with Gasteiger partial charge in [-0.3, -0.25) is 14.4 Å². The van der Waals surface area contributed by atoms with Crippen LogP contribution < -0.4 is 15.4 Å². The van der Waals surface area contributed by atoms with Crippen LogP contribution in [-0.4, -0.2) is 37.5 Å². The van der Waals surface area contributed by atoms with Gasteiger partial charge in [-0.2, -0.15) is 0 Å². The van der Waals surface area contributed by atoms with Crippen molar-refractivity contribution in [2.75, 3.05) is 25.1 Å². The number of carbonyl (C=O) groups excluding carboxylic acids is 3. The normalized spacial score (nSPS) is 10.1. The lowest BCUT2D eigenvalue weighted by Crippen LogP contribution is -2.35. The Morgan fingerprint density at radius 2 is 1.69 bits per heavy atom. The van der Waals surface area contributed by atoms with E-state index in [4.69, 9.17) is 9.47 Å². The third-order valence-corrected chi connectivity index (χ3v) is 3.55. The van der Waals surface area contributed by atoms with Crippen molar-refractivity contribution in [1.82, 2.24) is 5.32 Å². The van der Waals surface area contributed by atoms with Crippen LogP contribution in [0.3, 0.4) is 0 Å². The van der Waals surface area contributed by atoms with E-state index in [2.05, 4.69) is 10.6 Å². The number of hydrogen-bond donors (Lipinski definition) is 2. The molecule has 29 heavy (non-hydrogen) atoms. The second-order valence-electron chi connectivity index (χ2n) is 5.88. The van der Waals surface area contributed by atoms with Gasteiger partial charge < -0.3 is 20.1 Å². The fourth-order valence-corrected chi connectivity index (χ4v) is 2.15. The van der Waals surface area contributed by atoms with Crippen molar-refractivity contribution >= 4 is 23.5 Å². The molecule has 2 aromatic carbocycles. The molecule has 0 aromatic heterocycles. The summed E-state index contributed by atoms with van der Waals surface area (Å²) in [6.07, 6.45) is 0.503. The molecule has 0 spiro atoms. The highest BCUT2D eigenvalue weighted by atomic mass is 19.2. The largest absolute Gasteiger partial charge is 0.494 e. The lowest BCUT2D eigenvalue weighted by molar-refractivity contribution is -0.148. The molecule has 0 heterocycles. The smallest absolute Gasteiger partial charge is 0.306 e. The standard InChI is InChI=1S/C20H20F2N2O5/c21-16-9-8-14(11-17(16)22)24-18(25)12-23-19(26)13-29-20(27)7-4-10-28-15-5-2-1-3-6-15/h1-3,5-6,8-9,11H,4,7,10,12-13H2,(H,23,26)(H,24,25). The molecule has 154 valence electrons. The van der Waals surface area contributed by atoms with E-state index < -0.39 is 42.6 Å². The van der Waals surface area contributed by atoms with Gasteiger partial charge in [0.05, 0.1) is 13.2 Å².